The summed E-state index contributed by atoms with van der Waals surface area (Å²) in [6.07, 6.45) is 0. The largest absolute Gasteiger partial charge is 0.409 e. The van der Waals surface area contributed by atoms with Crippen molar-refractivity contribution in [1.82, 2.24) is 10.1 Å². The molecule has 0 spiro atoms. The molecule has 0 aliphatic rings. The van der Waals surface area contributed by atoms with Gasteiger partial charge in [0.1, 0.15) is 12.4 Å². The molecule has 0 saturated carbocycles. The van der Waals surface area contributed by atoms with Crippen molar-refractivity contribution in [2.24, 2.45) is 16.8 Å². The van der Waals surface area contributed by atoms with Crippen molar-refractivity contribution in [2.45, 2.75) is 13.5 Å². The number of nitrogens with two attached hydrogens (primary N) is 1. The lowest BCUT2D eigenvalue weighted by molar-refractivity contribution is 0.0775. The van der Waals surface area contributed by atoms with E-state index in [2.05, 4.69) is 10.3 Å². The predicted molar refractivity (Wildman–Crippen MR) is 66.7 cm³/mol. The number of oxime groups is 1. The Morgan fingerprint density at radius 1 is 1.74 bits per heavy atom. The van der Waals surface area contributed by atoms with Gasteiger partial charge in [0.25, 0.3) is 5.91 Å². The number of hydrogen-bond donors (Lipinski definition) is 2. The molecule has 1 atom stereocenters. The highest BCUT2D eigenvalue weighted by Crippen LogP contribution is 2.08. The van der Waals surface area contributed by atoms with E-state index in [4.69, 9.17) is 20.2 Å². The fourth-order valence-electron chi connectivity index (χ4n) is 1.51. The summed E-state index contributed by atoms with van der Waals surface area (Å²) < 4.78 is 9.81. The molecule has 19 heavy (non-hydrogen) atoms. The summed E-state index contributed by atoms with van der Waals surface area (Å²) in [6, 6.07) is 1.52. The van der Waals surface area contributed by atoms with Crippen LogP contribution in [0, 0.1) is 5.92 Å². The van der Waals surface area contributed by atoms with E-state index >= 15 is 0 Å². The van der Waals surface area contributed by atoms with Gasteiger partial charge in [0.05, 0.1) is 0 Å². The fraction of sp³-hybridized carbons (Fsp3) is 0.545. The maximum Gasteiger partial charge on any atom is 0.275 e. The lowest BCUT2D eigenvalue weighted by Gasteiger charge is -2.19. The van der Waals surface area contributed by atoms with E-state index < -0.39 is 0 Å². The van der Waals surface area contributed by atoms with Crippen LogP contribution in [0.2, 0.25) is 0 Å². The van der Waals surface area contributed by atoms with Crippen LogP contribution in [0.25, 0.3) is 0 Å². The second kappa shape index (κ2) is 6.74. The van der Waals surface area contributed by atoms with Crippen molar-refractivity contribution in [3.8, 4) is 0 Å². The van der Waals surface area contributed by atoms with Gasteiger partial charge >= 0.3 is 0 Å². The van der Waals surface area contributed by atoms with E-state index in [9.17, 15) is 4.79 Å². The summed E-state index contributed by atoms with van der Waals surface area (Å²) >= 11 is 0. The Morgan fingerprint density at radius 2 is 2.42 bits per heavy atom. The van der Waals surface area contributed by atoms with Crippen LogP contribution in [0.3, 0.4) is 0 Å². The maximum atomic E-state index is 12.0. The molecule has 1 aromatic rings. The molecule has 0 aliphatic carbocycles. The quantitative estimate of drug-likeness (QED) is 0.332. The molecule has 3 N–H and O–H groups in total. The van der Waals surface area contributed by atoms with Crippen molar-refractivity contribution in [1.29, 1.82) is 0 Å². The molecule has 106 valence electrons. The normalized spacial score (nSPS) is 13.3. The van der Waals surface area contributed by atoms with Crippen LogP contribution >= 0.6 is 0 Å². The van der Waals surface area contributed by atoms with E-state index in [1.165, 1.54) is 18.1 Å². The van der Waals surface area contributed by atoms with Gasteiger partial charge in [-0.1, -0.05) is 17.2 Å². The molecule has 1 heterocycles. The average molecular weight is 270 g/mol. The zero-order valence-corrected chi connectivity index (χ0v) is 11.2. The first kappa shape index (κ1) is 15.0. The molecule has 1 aromatic heterocycles. The second-order valence-electron chi connectivity index (χ2n) is 4.22. The van der Waals surface area contributed by atoms with Crippen LogP contribution in [-0.4, -0.2) is 47.7 Å². The lowest BCUT2D eigenvalue weighted by atomic mass is 10.1. The van der Waals surface area contributed by atoms with Gasteiger partial charge in [-0.25, -0.2) is 0 Å². The maximum absolute atomic E-state index is 12.0. The number of aromatic nitrogens is 1. The van der Waals surface area contributed by atoms with Gasteiger partial charge in [-0.15, -0.1) is 0 Å². The summed E-state index contributed by atoms with van der Waals surface area (Å²) in [7, 11) is 3.13. The van der Waals surface area contributed by atoms with Gasteiger partial charge < -0.3 is 25.1 Å². The second-order valence-corrected chi connectivity index (χ2v) is 4.22. The number of amides is 1. The first-order chi connectivity index (χ1) is 8.99. The van der Waals surface area contributed by atoms with Crippen LogP contribution in [0.1, 0.15) is 23.2 Å². The Kier molecular flexibility index (Phi) is 5.31. The van der Waals surface area contributed by atoms with Crippen LogP contribution in [0.5, 0.6) is 0 Å². The summed E-state index contributed by atoms with van der Waals surface area (Å²) in [5.41, 5.74) is 5.65. The summed E-state index contributed by atoms with van der Waals surface area (Å²) in [5.74, 6) is -0.0170. The van der Waals surface area contributed by atoms with Crippen molar-refractivity contribution in [3.05, 3.63) is 17.5 Å². The monoisotopic (exact) mass is 270 g/mol. The molecule has 0 fully saturated rings. The van der Waals surface area contributed by atoms with E-state index in [0.29, 0.717) is 12.3 Å². The minimum Gasteiger partial charge on any atom is -0.409 e. The first-order valence-electron chi connectivity index (χ1n) is 5.67. The van der Waals surface area contributed by atoms with E-state index in [1.807, 2.05) is 0 Å². The van der Waals surface area contributed by atoms with Crippen molar-refractivity contribution >= 4 is 11.7 Å². The van der Waals surface area contributed by atoms with Crippen molar-refractivity contribution in [3.63, 3.8) is 0 Å². The van der Waals surface area contributed by atoms with Gasteiger partial charge in [-0.05, 0) is 0 Å². The Balaban J connectivity index is 2.65. The summed E-state index contributed by atoms with van der Waals surface area (Å²) in [5, 5.41) is 15.1. The SMILES string of the molecule is COCc1cc(C(=O)N(C)CC(C)C(N)=NO)no1. The topological polar surface area (TPSA) is 114 Å². The Labute approximate surface area is 110 Å². The van der Waals surface area contributed by atoms with E-state index in [-0.39, 0.29) is 30.0 Å². The van der Waals surface area contributed by atoms with Crippen LogP contribution < -0.4 is 5.73 Å². The number of carbonyl (C=O) groups excluding carboxylic acids is 1. The highest BCUT2D eigenvalue weighted by molar-refractivity contribution is 5.92. The predicted octanol–water partition coefficient (Wildman–Crippen LogP) is 0.275. The molecule has 8 nitrogen and oxygen atoms in total. The number of nitrogens with zero attached hydrogens (tertiary/aromatic N) is 3. The van der Waals surface area contributed by atoms with E-state index in [1.54, 1.807) is 14.0 Å². The number of carbonyl (C=O) groups is 1. The molecule has 0 radical (unpaired) electrons. The molecule has 1 amide bonds. The Hall–Kier alpha value is -2.09. The Morgan fingerprint density at radius 3 is 3.00 bits per heavy atom. The molecule has 1 rings (SSSR count). The highest BCUT2D eigenvalue weighted by Gasteiger charge is 2.20. The molecular weight excluding hydrogens is 252 g/mol. The number of ether oxygens (including phenoxy) is 1. The highest BCUT2D eigenvalue weighted by atomic mass is 16.5. The third-order valence-electron chi connectivity index (χ3n) is 2.58. The van der Waals surface area contributed by atoms with Gasteiger partial charge in [-0.2, -0.15) is 0 Å². The standard InChI is InChI=1S/C11H18N4O4/c1-7(10(12)13-17)5-15(2)11(16)9-4-8(6-18-3)19-14-9/h4,7,17H,5-6H2,1-3H3,(H2,12,13). The van der Waals surface area contributed by atoms with Gasteiger partial charge in [0.15, 0.2) is 11.5 Å². The number of amidine groups is 1. The molecular formula is C11H18N4O4. The number of methoxy groups -OCH3 is 1. The average Bonchev–Trinajstić information content (AvgIpc) is 2.85. The molecule has 0 aliphatic heterocycles. The van der Waals surface area contributed by atoms with E-state index in [0.717, 1.165) is 0 Å². The third kappa shape index (κ3) is 3.95. The molecule has 0 bridgehead atoms. The molecule has 0 aromatic carbocycles. The van der Waals surface area contributed by atoms with Gasteiger partial charge in [0.2, 0.25) is 0 Å². The van der Waals surface area contributed by atoms with Crippen LogP contribution in [-0.2, 0) is 11.3 Å². The third-order valence-corrected chi connectivity index (χ3v) is 2.58. The van der Waals surface area contributed by atoms with Crippen LogP contribution in [0.15, 0.2) is 15.7 Å². The minimum absolute atomic E-state index is 0.0693. The summed E-state index contributed by atoms with van der Waals surface area (Å²) in [6.45, 7) is 2.31. The molecule has 1 unspecified atom stereocenters. The zero-order chi connectivity index (χ0) is 14.4. The summed E-state index contributed by atoms with van der Waals surface area (Å²) in [4.78, 5) is 13.5. The molecule has 8 heteroatoms. The van der Waals surface area contributed by atoms with Gasteiger partial charge in [-0.3, -0.25) is 4.79 Å². The van der Waals surface area contributed by atoms with Crippen LogP contribution in [0.4, 0.5) is 0 Å². The number of rotatable bonds is 6. The van der Waals surface area contributed by atoms with Crippen molar-refractivity contribution < 1.29 is 19.3 Å². The van der Waals surface area contributed by atoms with Crippen molar-refractivity contribution in [2.75, 3.05) is 20.7 Å². The zero-order valence-electron chi connectivity index (χ0n) is 11.2. The fourth-order valence-corrected chi connectivity index (χ4v) is 1.51. The molecule has 0 saturated heterocycles. The Bertz CT molecular complexity index is 457. The lowest BCUT2D eigenvalue weighted by Crippen LogP contribution is -2.36. The number of hydrogen-bond acceptors (Lipinski definition) is 6. The van der Waals surface area contributed by atoms with Gasteiger partial charge in [0, 0.05) is 32.7 Å². The minimum atomic E-state index is -0.302. The first-order valence-corrected chi connectivity index (χ1v) is 5.67. The smallest absolute Gasteiger partial charge is 0.275 e.